The van der Waals surface area contributed by atoms with Crippen molar-refractivity contribution in [1.29, 1.82) is 0 Å². The highest BCUT2D eigenvalue weighted by Gasteiger charge is 2.48. The van der Waals surface area contributed by atoms with Crippen molar-refractivity contribution in [2.45, 2.75) is 66.4 Å². The second-order valence-electron chi connectivity index (χ2n) is 7.87. The molecule has 0 bridgehead atoms. The molecule has 1 aromatic carbocycles. The van der Waals surface area contributed by atoms with Gasteiger partial charge < -0.3 is 10.8 Å². The van der Waals surface area contributed by atoms with Crippen LogP contribution >= 0.6 is 0 Å². The van der Waals surface area contributed by atoms with E-state index < -0.39 is 0 Å². The van der Waals surface area contributed by atoms with Gasteiger partial charge in [-0.1, -0.05) is 38.0 Å². The summed E-state index contributed by atoms with van der Waals surface area (Å²) in [6.07, 6.45) is 3.84. The van der Waals surface area contributed by atoms with Crippen LogP contribution in [0.25, 0.3) is 0 Å². The Morgan fingerprint density at radius 1 is 1.14 bits per heavy atom. The number of rotatable bonds is 3. The van der Waals surface area contributed by atoms with E-state index in [1.54, 1.807) is 0 Å². The second-order valence-corrected chi connectivity index (χ2v) is 7.87. The highest BCUT2D eigenvalue weighted by atomic mass is 16.3. The van der Waals surface area contributed by atoms with Crippen molar-refractivity contribution >= 4 is 0 Å². The lowest BCUT2D eigenvalue weighted by Crippen LogP contribution is -2.53. The average Bonchev–Trinajstić information content (AvgIpc) is 2.39. The van der Waals surface area contributed by atoms with Crippen LogP contribution in [0.15, 0.2) is 12.1 Å². The van der Waals surface area contributed by atoms with Gasteiger partial charge in [-0.2, -0.15) is 0 Å². The molecule has 118 valence electrons. The number of aliphatic hydroxyl groups is 1. The zero-order valence-electron chi connectivity index (χ0n) is 14.3. The Morgan fingerprint density at radius 3 is 2.24 bits per heavy atom. The van der Waals surface area contributed by atoms with E-state index in [1.807, 2.05) is 0 Å². The van der Waals surface area contributed by atoms with E-state index in [1.165, 1.54) is 22.3 Å². The first-order valence-corrected chi connectivity index (χ1v) is 8.17. The van der Waals surface area contributed by atoms with Crippen LogP contribution in [0.2, 0.25) is 0 Å². The van der Waals surface area contributed by atoms with E-state index in [0.29, 0.717) is 6.54 Å². The predicted octanol–water partition coefficient (Wildman–Crippen LogP) is 3.67. The molecule has 2 rings (SSSR count). The summed E-state index contributed by atoms with van der Waals surface area (Å²) in [6, 6.07) is 4.49. The Kier molecular flexibility index (Phi) is 4.51. The van der Waals surface area contributed by atoms with Crippen LogP contribution < -0.4 is 5.73 Å². The maximum atomic E-state index is 11.0. The molecule has 1 saturated carbocycles. The second kappa shape index (κ2) is 5.73. The van der Waals surface area contributed by atoms with Crippen LogP contribution in [-0.2, 0) is 6.42 Å². The van der Waals surface area contributed by atoms with Crippen LogP contribution in [0, 0.1) is 31.6 Å². The molecule has 3 N–H and O–H groups in total. The molecule has 1 aliphatic rings. The van der Waals surface area contributed by atoms with Gasteiger partial charge in [-0.05, 0) is 62.1 Å². The Hall–Kier alpha value is -0.860. The van der Waals surface area contributed by atoms with Crippen molar-refractivity contribution < 1.29 is 5.11 Å². The third kappa shape index (κ3) is 3.02. The monoisotopic (exact) mass is 289 g/mol. The third-order valence-electron chi connectivity index (χ3n) is 5.59. The molecule has 2 nitrogen and oxygen atoms in total. The lowest BCUT2D eigenvalue weighted by atomic mass is 9.59. The van der Waals surface area contributed by atoms with Crippen molar-refractivity contribution in [2.24, 2.45) is 16.6 Å². The van der Waals surface area contributed by atoms with Crippen molar-refractivity contribution in [2.75, 3.05) is 6.54 Å². The van der Waals surface area contributed by atoms with Crippen molar-refractivity contribution in [3.05, 3.63) is 34.4 Å². The van der Waals surface area contributed by atoms with E-state index in [-0.39, 0.29) is 16.9 Å². The molecule has 2 unspecified atom stereocenters. The molecule has 0 saturated heterocycles. The van der Waals surface area contributed by atoms with Crippen LogP contribution in [0.3, 0.4) is 0 Å². The fourth-order valence-electron chi connectivity index (χ4n) is 4.31. The van der Waals surface area contributed by atoms with Gasteiger partial charge in [0.05, 0.1) is 6.10 Å². The van der Waals surface area contributed by atoms with E-state index in [9.17, 15) is 5.11 Å². The van der Waals surface area contributed by atoms with Crippen molar-refractivity contribution in [3.63, 3.8) is 0 Å². The lowest BCUT2D eigenvalue weighted by Gasteiger charge is -2.50. The predicted molar refractivity (Wildman–Crippen MR) is 89.5 cm³/mol. The summed E-state index contributed by atoms with van der Waals surface area (Å²) in [7, 11) is 0. The van der Waals surface area contributed by atoms with Gasteiger partial charge in [0.2, 0.25) is 0 Å². The molecule has 2 heteroatoms. The molecule has 0 radical (unpaired) electrons. The maximum Gasteiger partial charge on any atom is 0.0662 e. The third-order valence-corrected chi connectivity index (χ3v) is 5.59. The van der Waals surface area contributed by atoms with Crippen LogP contribution in [-0.4, -0.2) is 17.8 Å². The van der Waals surface area contributed by atoms with Gasteiger partial charge in [-0.25, -0.2) is 0 Å². The van der Waals surface area contributed by atoms with Crippen molar-refractivity contribution in [3.8, 4) is 0 Å². The lowest BCUT2D eigenvalue weighted by molar-refractivity contribution is -0.0885. The molecule has 0 amide bonds. The zero-order valence-corrected chi connectivity index (χ0v) is 14.3. The summed E-state index contributed by atoms with van der Waals surface area (Å²) in [5.41, 5.74) is 11.3. The first kappa shape index (κ1) is 16.5. The summed E-state index contributed by atoms with van der Waals surface area (Å²) in [6.45, 7) is 11.4. The summed E-state index contributed by atoms with van der Waals surface area (Å²) < 4.78 is 0. The molecule has 1 fully saturated rings. The minimum absolute atomic E-state index is 0.0376. The van der Waals surface area contributed by atoms with Gasteiger partial charge in [0.25, 0.3) is 0 Å². The maximum absolute atomic E-state index is 11.0. The van der Waals surface area contributed by atoms with Crippen molar-refractivity contribution in [1.82, 2.24) is 0 Å². The van der Waals surface area contributed by atoms with Gasteiger partial charge in [0, 0.05) is 12.0 Å². The van der Waals surface area contributed by atoms with Gasteiger partial charge in [0.1, 0.15) is 0 Å². The molecular weight excluding hydrogens is 258 g/mol. The molecule has 0 heterocycles. The molecule has 0 spiro atoms. The number of hydrogen-bond donors (Lipinski definition) is 2. The van der Waals surface area contributed by atoms with Gasteiger partial charge in [-0.3, -0.25) is 0 Å². The number of aliphatic hydroxyl groups excluding tert-OH is 1. The van der Waals surface area contributed by atoms with Crippen LogP contribution in [0.1, 0.15) is 55.4 Å². The molecular formula is C19H31NO. The Bertz CT molecular complexity index is 497. The minimum Gasteiger partial charge on any atom is -0.392 e. The molecule has 1 aliphatic carbocycles. The van der Waals surface area contributed by atoms with E-state index in [4.69, 9.17) is 5.73 Å². The molecule has 2 atom stereocenters. The average molecular weight is 289 g/mol. The fourth-order valence-corrected chi connectivity index (χ4v) is 4.31. The van der Waals surface area contributed by atoms with Crippen LogP contribution in [0.5, 0.6) is 0 Å². The van der Waals surface area contributed by atoms with Gasteiger partial charge >= 0.3 is 0 Å². The zero-order chi connectivity index (χ0) is 15.8. The van der Waals surface area contributed by atoms with E-state index in [0.717, 1.165) is 25.7 Å². The molecule has 1 aromatic rings. The number of nitrogens with two attached hydrogens (primary N) is 1. The Balaban J connectivity index is 2.39. The quantitative estimate of drug-likeness (QED) is 0.892. The van der Waals surface area contributed by atoms with Gasteiger partial charge in [0.15, 0.2) is 0 Å². The normalized spacial score (nSPS) is 28.6. The topological polar surface area (TPSA) is 46.2 Å². The molecule has 21 heavy (non-hydrogen) atoms. The van der Waals surface area contributed by atoms with E-state index in [2.05, 4.69) is 46.8 Å². The SMILES string of the molecule is Cc1cc(C)c(CC2(CN)CCCC(C)(C)C2O)c(C)c1. The Labute approximate surface area is 129 Å². The summed E-state index contributed by atoms with van der Waals surface area (Å²) >= 11 is 0. The summed E-state index contributed by atoms with van der Waals surface area (Å²) in [5, 5.41) is 11.0. The fraction of sp³-hybridized carbons (Fsp3) is 0.684. The van der Waals surface area contributed by atoms with Crippen LogP contribution in [0.4, 0.5) is 0 Å². The molecule has 0 aromatic heterocycles. The summed E-state index contributed by atoms with van der Waals surface area (Å²) in [4.78, 5) is 0. The number of benzene rings is 1. The highest BCUT2D eigenvalue weighted by molar-refractivity contribution is 5.38. The first-order valence-electron chi connectivity index (χ1n) is 8.17. The standard InChI is InChI=1S/C19H31NO/c1-13-9-14(2)16(15(3)10-13)11-19(12-20)8-6-7-18(4,5)17(19)21/h9-10,17,21H,6-8,11-12,20H2,1-5H3. The molecule has 0 aliphatic heterocycles. The van der Waals surface area contributed by atoms with Gasteiger partial charge in [-0.15, -0.1) is 0 Å². The minimum atomic E-state index is -0.330. The number of aryl methyl sites for hydroxylation is 3. The number of hydrogen-bond acceptors (Lipinski definition) is 2. The first-order chi connectivity index (χ1) is 9.72. The summed E-state index contributed by atoms with van der Waals surface area (Å²) in [5.74, 6) is 0. The largest absolute Gasteiger partial charge is 0.392 e. The highest BCUT2D eigenvalue weighted by Crippen LogP contribution is 2.48. The smallest absolute Gasteiger partial charge is 0.0662 e. The van der Waals surface area contributed by atoms with E-state index >= 15 is 0 Å². The Morgan fingerprint density at radius 2 is 1.71 bits per heavy atom.